The first-order chi connectivity index (χ1) is 19.5. The number of carbonyl (C=O) groups is 2. The van der Waals surface area contributed by atoms with Crippen molar-refractivity contribution in [2.75, 3.05) is 15.5 Å². The number of hydrogen-bond acceptors (Lipinski definition) is 4. The van der Waals surface area contributed by atoms with Gasteiger partial charge in [-0.05, 0) is 79.1 Å². The predicted molar refractivity (Wildman–Crippen MR) is 160 cm³/mol. The average molecular weight is 525 g/mol. The fourth-order valence-corrected chi connectivity index (χ4v) is 5.12. The Morgan fingerprint density at radius 3 is 2.33 bits per heavy atom. The summed E-state index contributed by atoms with van der Waals surface area (Å²) < 4.78 is 0. The number of aromatic nitrogens is 1. The molecule has 0 bridgehead atoms. The molecule has 0 atom stereocenters. The van der Waals surface area contributed by atoms with Gasteiger partial charge in [0, 0.05) is 34.3 Å². The lowest BCUT2D eigenvalue weighted by molar-refractivity contribution is 0.0983. The summed E-state index contributed by atoms with van der Waals surface area (Å²) in [6, 6.07) is 32.7. The Labute approximate surface area is 233 Å². The van der Waals surface area contributed by atoms with E-state index in [2.05, 4.69) is 15.6 Å². The molecule has 1 aromatic heterocycles. The Balaban J connectivity index is 1.31. The highest BCUT2D eigenvalue weighted by molar-refractivity contribution is 6.11. The SMILES string of the molecule is Cc1cc(C(=O)N2Cc3ccccc3Nc3ccccc32)c(C)cc1NC(=O)c1ccccc1-c1ccccn1. The van der Waals surface area contributed by atoms with E-state index in [-0.39, 0.29) is 11.8 Å². The van der Waals surface area contributed by atoms with E-state index in [0.29, 0.717) is 23.4 Å². The minimum atomic E-state index is -0.230. The van der Waals surface area contributed by atoms with E-state index < -0.39 is 0 Å². The van der Waals surface area contributed by atoms with Crippen molar-refractivity contribution in [3.05, 3.63) is 137 Å². The maximum Gasteiger partial charge on any atom is 0.258 e. The van der Waals surface area contributed by atoms with Crippen LogP contribution in [0.2, 0.25) is 0 Å². The smallest absolute Gasteiger partial charge is 0.258 e. The van der Waals surface area contributed by atoms with Crippen molar-refractivity contribution in [1.29, 1.82) is 0 Å². The number of nitrogens with one attached hydrogen (secondary N) is 2. The summed E-state index contributed by atoms with van der Waals surface area (Å²) in [5.74, 6) is -0.322. The first-order valence-electron chi connectivity index (χ1n) is 13.2. The van der Waals surface area contributed by atoms with E-state index in [1.807, 2.05) is 116 Å². The molecule has 6 rings (SSSR count). The molecule has 2 N–H and O–H groups in total. The monoisotopic (exact) mass is 524 g/mol. The first kappa shape index (κ1) is 25.1. The van der Waals surface area contributed by atoms with Gasteiger partial charge < -0.3 is 15.5 Å². The highest BCUT2D eigenvalue weighted by atomic mass is 16.2. The van der Waals surface area contributed by atoms with Crippen molar-refractivity contribution in [1.82, 2.24) is 4.98 Å². The maximum absolute atomic E-state index is 14.1. The fraction of sp³-hybridized carbons (Fsp3) is 0.0882. The molecule has 0 saturated heterocycles. The Morgan fingerprint density at radius 2 is 1.50 bits per heavy atom. The molecule has 1 aliphatic heterocycles. The quantitative estimate of drug-likeness (QED) is 0.255. The number of pyridine rings is 1. The molecule has 2 amide bonds. The standard InChI is InChI=1S/C34H28N4O2/c1-22-20-31(37-33(39)26-13-5-4-12-25(26)29-15-9-10-18-35-29)23(2)19-27(22)34(40)38-21-24-11-3-6-14-28(24)36-30-16-7-8-17-32(30)38/h3-20,36H,21H2,1-2H3,(H,37,39). The van der Waals surface area contributed by atoms with Crippen molar-refractivity contribution in [2.24, 2.45) is 0 Å². The van der Waals surface area contributed by atoms with E-state index in [4.69, 9.17) is 0 Å². The molecule has 0 aliphatic carbocycles. The van der Waals surface area contributed by atoms with Crippen LogP contribution in [0.1, 0.15) is 37.4 Å². The lowest BCUT2D eigenvalue weighted by Crippen LogP contribution is -2.30. The zero-order chi connectivity index (χ0) is 27.6. The molecule has 40 heavy (non-hydrogen) atoms. The van der Waals surface area contributed by atoms with Crippen molar-refractivity contribution in [2.45, 2.75) is 20.4 Å². The van der Waals surface area contributed by atoms with E-state index >= 15 is 0 Å². The first-order valence-corrected chi connectivity index (χ1v) is 13.2. The molecule has 196 valence electrons. The number of rotatable bonds is 4. The van der Waals surface area contributed by atoms with Crippen LogP contribution in [0.4, 0.5) is 22.7 Å². The lowest BCUT2D eigenvalue weighted by atomic mass is 10.0. The number of para-hydroxylation sites is 3. The summed E-state index contributed by atoms with van der Waals surface area (Å²) in [6.07, 6.45) is 1.71. The summed E-state index contributed by atoms with van der Waals surface area (Å²) in [7, 11) is 0. The van der Waals surface area contributed by atoms with Gasteiger partial charge >= 0.3 is 0 Å². The second kappa shape index (κ2) is 10.5. The molecular formula is C34H28N4O2. The van der Waals surface area contributed by atoms with Gasteiger partial charge in [-0.1, -0.05) is 54.6 Å². The van der Waals surface area contributed by atoms with E-state index in [1.165, 1.54) is 0 Å². The Kier molecular flexibility index (Phi) is 6.58. The van der Waals surface area contributed by atoms with Crippen LogP contribution in [0.5, 0.6) is 0 Å². The fourth-order valence-electron chi connectivity index (χ4n) is 5.12. The van der Waals surface area contributed by atoms with Crippen molar-refractivity contribution >= 4 is 34.6 Å². The molecule has 5 aromatic rings. The van der Waals surface area contributed by atoms with Crippen molar-refractivity contribution in [3.63, 3.8) is 0 Å². The van der Waals surface area contributed by atoms with Gasteiger partial charge in [0.25, 0.3) is 11.8 Å². The molecule has 4 aromatic carbocycles. The highest BCUT2D eigenvalue weighted by Crippen LogP contribution is 2.37. The van der Waals surface area contributed by atoms with E-state index in [9.17, 15) is 9.59 Å². The second-order valence-electron chi connectivity index (χ2n) is 9.89. The highest BCUT2D eigenvalue weighted by Gasteiger charge is 2.26. The Hall–Kier alpha value is -5.23. The molecule has 6 nitrogen and oxygen atoms in total. The van der Waals surface area contributed by atoms with Gasteiger partial charge in [-0.15, -0.1) is 0 Å². The molecule has 0 radical (unpaired) electrons. The van der Waals surface area contributed by atoms with Gasteiger partial charge in [-0.3, -0.25) is 14.6 Å². The van der Waals surface area contributed by atoms with Crippen LogP contribution in [0.15, 0.2) is 109 Å². The third kappa shape index (κ3) is 4.71. The largest absolute Gasteiger partial charge is 0.354 e. The van der Waals surface area contributed by atoms with Crippen molar-refractivity contribution < 1.29 is 9.59 Å². The summed E-state index contributed by atoms with van der Waals surface area (Å²) >= 11 is 0. The predicted octanol–water partition coefficient (Wildman–Crippen LogP) is 7.52. The Morgan fingerprint density at radius 1 is 0.775 bits per heavy atom. The van der Waals surface area contributed by atoms with Crippen LogP contribution in [0.25, 0.3) is 11.3 Å². The average Bonchev–Trinajstić information content (AvgIpc) is 3.16. The second-order valence-corrected chi connectivity index (χ2v) is 9.89. The summed E-state index contributed by atoms with van der Waals surface area (Å²) in [5.41, 5.74) is 8.61. The lowest BCUT2D eigenvalue weighted by Gasteiger charge is -2.24. The van der Waals surface area contributed by atoms with Crippen LogP contribution in [-0.4, -0.2) is 16.8 Å². The van der Waals surface area contributed by atoms with Gasteiger partial charge in [0.15, 0.2) is 0 Å². The summed E-state index contributed by atoms with van der Waals surface area (Å²) in [5, 5.41) is 6.54. The van der Waals surface area contributed by atoms with Crippen LogP contribution >= 0.6 is 0 Å². The topological polar surface area (TPSA) is 74.3 Å². The van der Waals surface area contributed by atoms with Crippen LogP contribution in [0, 0.1) is 13.8 Å². The van der Waals surface area contributed by atoms with Gasteiger partial charge in [0.1, 0.15) is 0 Å². The minimum absolute atomic E-state index is 0.0927. The van der Waals surface area contributed by atoms with Gasteiger partial charge in [0.2, 0.25) is 0 Å². The maximum atomic E-state index is 14.1. The number of anilines is 4. The van der Waals surface area contributed by atoms with E-state index in [1.54, 1.807) is 12.3 Å². The van der Waals surface area contributed by atoms with Gasteiger partial charge in [-0.25, -0.2) is 0 Å². The van der Waals surface area contributed by atoms with E-state index in [0.717, 1.165) is 45.0 Å². The summed E-state index contributed by atoms with van der Waals surface area (Å²) in [6.45, 7) is 4.25. The van der Waals surface area contributed by atoms with Crippen LogP contribution in [-0.2, 0) is 6.54 Å². The molecule has 6 heteroatoms. The van der Waals surface area contributed by atoms with Crippen molar-refractivity contribution in [3.8, 4) is 11.3 Å². The third-order valence-electron chi connectivity index (χ3n) is 7.22. The number of hydrogen-bond donors (Lipinski definition) is 2. The van der Waals surface area contributed by atoms with Gasteiger partial charge in [0.05, 0.1) is 23.6 Å². The molecule has 0 fully saturated rings. The number of fused-ring (bicyclic) bond motifs is 2. The Bertz CT molecular complexity index is 1750. The molecule has 0 saturated carbocycles. The number of benzene rings is 4. The van der Waals surface area contributed by atoms with Crippen LogP contribution in [0.3, 0.4) is 0 Å². The third-order valence-corrected chi connectivity index (χ3v) is 7.22. The zero-order valence-corrected chi connectivity index (χ0v) is 22.3. The number of carbonyl (C=O) groups excluding carboxylic acids is 2. The number of aryl methyl sites for hydroxylation is 2. The molecule has 0 unspecified atom stereocenters. The molecule has 0 spiro atoms. The van der Waals surface area contributed by atoms with Gasteiger partial charge in [-0.2, -0.15) is 0 Å². The minimum Gasteiger partial charge on any atom is -0.354 e. The molecule has 2 heterocycles. The summed E-state index contributed by atoms with van der Waals surface area (Å²) in [4.78, 5) is 33.7. The number of amides is 2. The number of nitrogens with zero attached hydrogens (tertiary/aromatic N) is 2. The van der Waals surface area contributed by atoms with Crippen LogP contribution < -0.4 is 15.5 Å². The molecule has 1 aliphatic rings. The normalized spacial score (nSPS) is 12.0. The zero-order valence-electron chi connectivity index (χ0n) is 22.3. The molecular weight excluding hydrogens is 496 g/mol.